The lowest BCUT2D eigenvalue weighted by Gasteiger charge is -2.09. The number of nitrogens with zero attached hydrogens (tertiary/aromatic N) is 3. The minimum atomic E-state index is -1.06. The van der Waals surface area contributed by atoms with Crippen LogP contribution in [0.15, 0.2) is 47.8 Å². The number of non-ortho nitro benzene ring substituents is 1. The van der Waals surface area contributed by atoms with E-state index in [1.165, 1.54) is 23.5 Å². The molecule has 1 unspecified atom stereocenters. The van der Waals surface area contributed by atoms with Gasteiger partial charge in [-0.25, -0.2) is 4.98 Å². The molecule has 0 bridgehead atoms. The maximum Gasteiger partial charge on any atom is 0.270 e. The highest BCUT2D eigenvalue weighted by atomic mass is 32.1. The van der Waals surface area contributed by atoms with Gasteiger partial charge in [0.05, 0.1) is 16.7 Å². The summed E-state index contributed by atoms with van der Waals surface area (Å²) >= 11 is 1.17. The summed E-state index contributed by atoms with van der Waals surface area (Å²) in [5.41, 5.74) is 3.16. The van der Waals surface area contributed by atoms with Crippen LogP contribution in [-0.4, -0.2) is 22.3 Å². The molecule has 146 valence electrons. The van der Waals surface area contributed by atoms with Crippen LogP contribution in [0.4, 0.5) is 5.69 Å². The second kappa shape index (κ2) is 8.63. The zero-order valence-electron chi connectivity index (χ0n) is 15.8. The van der Waals surface area contributed by atoms with Crippen LogP contribution in [0.2, 0.25) is 0 Å². The maximum atomic E-state index is 12.5. The number of aryl methyl sites for hydroxylation is 2. The molecular weight excluding hydrogens is 390 g/mol. The third kappa shape index (κ3) is 4.65. The first-order valence-corrected chi connectivity index (χ1v) is 9.59. The third-order valence-electron chi connectivity index (χ3n) is 4.43. The van der Waals surface area contributed by atoms with Crippen LogP contribution in [-0.2, 0) is 4.79 Å². The molecule has 7 nitrogen and oxygen atoms in total. The van der Waals surface area contributed by atoms with E-state index in [2.05, 4.69) is 4.98 Å². The molecule has 8 heteroatoms. The van der Waals surface area contributed by atoms with Crippen LogP contribution in [0.1, 0.15) is 22.1 Å². The largest absolute Gasteiger partial charge is 0.486 e. The molecule has 1 heterocycles. The monoisotopic (exact) mass is 407 g/mol. The first-order chi connectivity index (χ1) is 13.9. The molecule has 3 aromatic rings. The van der Waals surface area contributed by atoms with Crippen molar-refractivity contribution in [3.05, 3.63) is 74.1 Å². The van der Waals surface area contributed by atoms with E-state index in [1.807, 2.05) is 32.0 Å². The highest BCUT2D eigenvalue weighted by Gasteiger charge is 2.24. The molecule has 0 spiro atoms. The summed E-state index contributed by atoms with van der Waals surface area (Å²) in [7, 11) is 0. The zero-order valence-corrected chi connectivity index (χ0v) is 16.6. The van der Waals surface area contributed by atoms with Crippen molar-refractivity contribution in [2.24, 2.45) is 0 Å². The Morgan fingerprint density at radius 2 is 2.07 bits per heavy atom. The summed E-state index contributed by atoms with van der Waals surface area (Å²) in [6, 6.07) is 13.6. The van der Waals surface area contributed by atoms with E-state index in [-0.39, 0.29) is 12.3 Å². The Morgan fingerprint density at radius 1 is 1.28 bits per heavy atom. The van der Waals surface area contributed by atoms with Crippen LogP contribution in [0.3, 0.4) is 0 Å². The quantitative estimate of drug-likeness (QED) is 0.419. The lowest BCUT2D eigenvalue weighted by molar-refractivity contribution is -0.384. The first-order valence-electron chi connectivity index (χ1n) is 8.71. The van der Waals surface area contributed by atoms with Gasteiger partial charge in [-0.3, -0.25) is 14.9 Å². The number of carbonyl (C=O) groups is 1. The summed E-state index contributed by atoms with van der Waals surface area (Å²) in [5, 5.41) is 22.4. The molecule has 0 aliphatic heterocycles. The van der Waals surface area contributed by atoms with Crippen LogP contribution < -0.4 is 4.74 Å². The van der Waals surface area contributed by atoms with Crippen molar-refractivity contribution in [2.45, 2.75) is 19.8 Å². The van der Waals surface area contributed by atoms with Gasteiger partial charge >= 0.3 is 0 Å². The fourth-order valence-electron chi connectivity index (χ4n) is 2.64. The molecule has 3 rings (SSSR count). The maximum absolute atomic E-state index is 12.5. The molecule has 2 aromatic carbocycles. The van der Waals surface area contributed by atoms with Gasteiger partial charge in [0.1, 0.15) is 17.4 Å². The molecular formula is C21H17N3O4S. The van der Waals surface area contributed by atoms with Crippen LogP contribution in [0.25, 0.3) is 11.3 Å². The predicted octanol–water partition coefficient (Wildman–Crippen LogP) is 4.59. The molecule has 1 aromatic heterocycles. The van der Waals surface area contributed by atoms with E-state index in [4.69, 9.17) is 4.74 Å². The molecule has 0 aliphatic carbocycles. The fraction of sp³-hybridized carbons (Fsp3) is 0.190. The van der Waals surface area contributed by atoms with Gasteiger partial charge < -0.3 is 4.74 Å². The Morgan fingerprint density at radius 3 is 2.76 bits per heavy atom. The SMILES string of the molecule is Cc1ccc(OCC(=O)C(C#N)c2nc(-c3cccc([N+](=O)[O-])c3)cs2)cc1C. The lowest BCUT2D eigenvalue weighted by Crippen LogP contribution is -2.19. The van der Waals surface area contributed by atoms with Gasteiger partial charge in [0.15, 0.2) is 11.7 Å². The molecule has 0 fully saturated rings. The number of hydrogen-bond donors (Lipinski definition) is 0. The minimum absolute atomic E-state index is 0.0493. The van der Waals surface area contributed by atoms with E-state index in [9.17, 15) is 20.2 Å². The minimum Gasteiger partial charge on any atom is -0.486 e. The van der Waals surface area contributed by atoms with E-state index >= 15 is 0 Å². The van der Waals surface area contributed by atoms with Crippen LogP contribution in [0, 0.1) is 35.3 Å². The second-order valence-electron chi connectivity index (χ2n) is 6.44. The normalized spacial score (nSPS) is 11.5. The zero-order chi connectivity index (χ0) is 21.0. The van der Waals surface area contributed by atoms with Gasteiger partial charge in [0.2, 0.25) is 0 Å². The van der Waals surface area contributed by atoms with Gasteiger partial charge in [-0.1, -0.05) is 18.2 Å². The molecule has 29 heavy (non-hydrogen) atoms. The Bertz CT molecular complexity index is 1120. The van der Waals surface area contributed by atoms with Gasteiger partial charge in [-0.15, -0.1) is 11.3 Å². The van der Waals surface area contributed by atoms with Crippen molar-refractivity contribution in [2.75, 3.05) is 6.61 Å². The van der Waals surface area contributed by atoms with Crippen molar-refractivity contribution in [1.82, 2.24) is 4.98 Å². The number of thiazole rings is 1. The standard InChI is InChI=1S/C21H17N3O4S/c1-13-6-7-17(8-14(13)2)28-11-20(25)18(10-22)21-23-19(12-29-21)15-4-3-5-16(9-15)24(26)27/h3-9,12,18H,11H2,1-2H3. The Kier molecular flexibility index (Phi) is 6.00. The number of benzene rings is 2. The van der Waals surface area contributed by atoms with Crippen molar-refractivity contribution in [3.63, 3.8) is 0 Å². The topological polar surface area (TPSA) is 106 Å². The van der Waals surface area contributed by atoms with Crippen molar-refractivity contribution >= 4 is 22.8 Å². The summed E-state index contributed by atoms with van der Waals surface area (Å²) in [6.45, 7) is 3.69. The number of nitriles is 1. The number of aromatic nitrogens is 1. The smallest absolute Gasteiger partial charge is 0.270 e. The third-order valence-corrected chi connectivity index (χ3v) is 5.34. The summed E-state index contributed by atoms with van der Waals surface area (Å²) in [4.78, 5) is 27.3. The number of ketones is 1. The number of hydrogen-bond acceptors (Lipinski definition) is 7. The highest BCUT2D eigenvalue weighted by Crippen LogP contribution is 2.29. The molecule has 0 saturated heterocycles. The fourth-order valence-corrected chi connectivity index (χ4v) is 3.53. The van der Waals surface area contributed by atoms with Gasteiger partial charge in [0.25, 0.3) is 5.69 Å². The lowest BCUT2D eigenvalue weighted by atomic mass is 10.1. The molecule has 1 atom stereocenters. The van der Waals surface area contributed by atoms with Crippen LogP contribution >= 0.6 is 11.3 Å². The highest BCUT2D eigenvalue weighted by molar-refractivity contribution is 7.10. The number of carbonyl (C=O) groups excluding carboxylic acids is 1. The molecule has 0 N–H and O–H groups in total. The van der Waals surface area contributed by atoms with Crippen molar-refractivity contribution < 1.29 is 14.5 Å². The Hall–Kier alpha value is -3.57. The first kappa shape index (κ1) is 20.2. The molecule has 0 radical (unpaired) electrons. The summed E-state index contributed by atoms with van der Waals surface area (Å²) < 4.78 is 5.54. The Labute approximate surface area is 171 Å². The average Bonchev–Trinajstić information content (AvgIpc) is 3.19. The van der Waals surface area contributed by atoms with E-state index in [0.29, 0.717) is 22.0 Å². The van der Waals surface area contributed by atoms with E-state index in [0.717, 1.165) is 11.1 Å². The number of nitro benzene ring substituents is 1. The van der Waals surface area contributed by atoms with Crippen molar-refractivity contribution in [3.8, 4) is 23.1 Å². The number of nitro groups is 1. The van der Waals surface area contributed by atoms with E-state index in [1.54, 1.807) is 23.6 Å². The number of ether oxygens (including phenoxy) is 1. The average molecular weight is 407 g/mol. The van der Waals surface area contributed by atoms with Crippen LogP contribution in [0.5, 0.6) is 5.75 Å². The summed E-state index contributed by atoms with van der Waals surface area (Å²) in [6.07, 6.45) is 0. The number of rotatable bonds is 7. The molecule has 0 saturated carbocycles. The van der Waals surface area contributed by atoms with Gasteiger partial charge in [-0.05, 0) is 37.1 Å². The molecule has 0 amide bonds. The summed E-state index contributed by atoms with van der Waals surface area (Å²) in [5.74, 6) is -0.890. The second-order valence-corrected chi connectivity index (χ2v) is 7.33. The van der Waals surface area contributed by atoms with Crippen molar-refractivity contribution in [1.29, 1.82) is 5.26 Å². The van der Waals surface area contributed by atoms with Gasteiger partial charge in [0, 0.05) is 23.1 Å². The molecule has 0 aliphatic rings. The predicted molar refractivity (Wildman–Crippen MR) is 109 cm³/mol. The number of Topliss-reactive ketones (excluding diaryl/α,β-unsaturated/α-hetero) is 1. The Balaban J connectivity index is 1.74. The van der Waals surface area contributed by atoms with Gasteiger partial charge in [-0.2, -0.15) is 5.26 Å². The van der Waals surface area contributed by atoms with E-state index < -0.39 is 16.6 Å².